The minimum atomic E-state index is -2.07. The van der Waals surface area contributed by atoms with E-state index in [0.29, 0.717) is 6.42 Å². The molecular formula is C18H33NO5. The Bertz CT molecular complexity index is 397. The summed E-state index contributed by atoms with van der Waals surface area (Å²) < 4.78 is 0. The molecule has 0 rings (SSSR count). The van der Waals surface area contributed by atoms with Gasteiger partial charge in [0.15, 0.2) is 11.3 Å². The molecule has 0 aliphatic heterocycles. The summed E-state index contributed by atoms with van der Waals surface area (Å²) in [6.07, 6.45) is 10.5. The third kappa shape index (κ3) is 9.65. The van der Waals surface area contributed by atoms with Crippen LogP contribution in [0.4, 0.5) is 0 Å². The number of nitrogens with two attached hydrogens (primary N) is 1. The third-order valence-corrected chi connectivity index (χ3v) is 4.37. The first-order valence-electron chi connectivity index (χ1n) is 9.12. The largest absolute Gasteiger partial charge is 0.481 e. The molecule has 0 saturated heterocycles. The zero-order valence-corrected chi connectivity index (χ0v) is 14.9. The molecule has 24 heavy (non-hydrogen) atoms. The molecule has 6 nitrogen and oxygen atoms in total. The van der Waals surface area contributed by atoms with Gasteiger partial charge in [-0.1, -0.05) is 64.7 Å². The van der Waals surface area contributed by atoms with Gasteiger partial charge in [-0.15, -0.1) is 0 Å². The molecule has 6 heteroatoms. The fourth-order valence-electron chi connectivity index (χ4n) is 2.67. The summed E-state index contributed by atoms with van der Waals surface area (Å²) in [5.74, 6) is -3.17. The number of carbonyl (C=O) groups excluding carboxylic acids is 1. The molecule has 0 fully saturated rings. The lowest BCUT2D eigenvalue weighted by atomic mass is 9.87. The van der Waals surface area contributed by atoms with Crippen molar-refractivity contribution in [2.75, 3.05) is 0 Å². The number of hydrogen-bond donors (Lipinski definition) is 3. The number of ketones is 1. The van der Waals surface area contributed by atoms with Gasteiger partial charge in [0.1, 0.15) is 0 Å². The summed E-state index contributed by atoms with van der Waals surface area (Å²) in [6.45, 7) is 2.20. The Morgan fingerprint density at radius 3 is 1.67 bits per heavy atom. The zero-order valence-electron chi connectivity index (χ0n) is 14.9. The predicted molar refractivity (Wildman–Crippen MR) is 92.9 cm³/mol. The number of hydrogen-bond acceptors (Lipinski definition) is 4. The molecule has 0 spiro atoms. The summed E-state index contributed by atoms with van der Waals surface area (Å²) in [5.41, 5.74) is 3.57. The summed E-state index contributed by atoms with van der Waals surface area (Å²) >= 11 is 0. The Morgan fingerprint density at radius 1 is 0.792 bits per heavy atom. The van der Waals surface area contributed by atoms with Crippen LogP contribution in [0.15, 0.2) is 0 Å². The molecule has 0 saturated carbocycles. The van der Waals surface area contributed by atoms with Crippen molar-refractivity contribution < 1.29 is 24.6 Å². The van der Waals surface area contributed by atoms with Crippen LogP contribution in [-0.4, -0.2) is 33.5 Å². The fraction of sp³-hybridized carbons (Fsp3) is 0.833. The van der Waals surface area contributed by atoms with Crippen molar-refractivity contribution in [1.29, 1.82) is 0 Å². The van der Waals surface area contributed by atoms with E-state index >= 15 is 0 Å². The monoisotopic (exact) mass is 343 g/mol. The number of aliphatic carboxylic acids is 2. The first kappa shape index (κ1) is 22.6. The van der Waals surface area contributed by atoms with E-state index in [1.807, 2.05) is 0 Å². The highest BCUT2D eigenvalue weighted by Crippen LogP contribution is 2.17. The van der Waals surface area contributed by atoms with Crippen molar-refractivity contribution in [3.8, 4) is 0 Å². The second-order valence-electron chi connectivity index (χ2n) is 6.53. The second-order valence-corrected chi connectivity index (χ2v) is 6.53. The van der Waals surface area contributed by atoms with Crippen LogP contribution in [0.1, 0.15) is 90.4 Å². The predicted octanol–water partition coefficient (Wildman–Crippen LogP) is 3.51. The van der Waals surface area contributed by atoms with Gasteiger partial charge in [-0.05, 0) is 12.8 Å². The van der Waals surface area contributed by atoms with Gasteiger partial charge in [0.25, 0.3) is 0 Å². The highest BCUT2D eigenvalue weighted by molar-refractivity contribution is 6.07. The van der Waals surface area contributed by atoms with Crippen molar-refractivity contribution in [3.63, 3.8) is 0 Å². The van der Waals surface area contributed by atoms with Crippen molar-refractivity contribution in [1.82, 2.24) is 0 Å². The van der Waals surface area contributed by atoms with Crippen LogP contribution in [0.5, 0.6) is 0 Å². The maximum absolute atomic E-state index is 12.1. The first-order chi connectivity index (χ1) is 11.3. The Labute approximate surface area is 144 Å². The van der Waals surface area contributed by atoms with Gasteiger partial charge < -0.3 is 15.9 Å². The van der Waals surface area contributed by atoms with Crippen molar-refractivity contribution >= 4 is 17.7 Å². The van der Waals surface area contributed by atoms with E-state index in [9.17, 15) is 14.4 Å². The van der Waals surface area contributed by atoms with E-state index < -0.39 is 29.7 Å². The Balaban J connectivity index is 3.89. The maximum Gasteiger partial charge on any atom is 0.331 e. The van der Waals surface area contributed by atoms with E-state index in [1.165, 1.54) is 38.5 Å². The van der Waals surface area contributed by atoms with Crippen molar-refractivity contribution in [3.05, 3.63) is 0 Å². The molecule has 140 valence electrons. The lowest BCUT2D eigenvalue weighted by Gasteiger charge is -2.22. The lowest BCUT2D eigenvalue weighted by Crippen LogP contribution is -2.55. The van der Waals surface area contributed by atoms with Crippen LogP contribution in [0.3, 0.4) is 0 Å². The quantitative estimate of drug-likeness (QED) is 0.291. The topological polar surface area (TPSA) is 118 Å². The molecular weight excluding hydrogens is 310 g/mol. The molecule has 0 aliphatic carbocycles. The lowest BCUT2D eigenvalue weighted by molar-refractivity contribution is -0.149. The normalized spacial score (nSPS) is 13.4. The Hall–Kier alpha value is -1.43. The SMILES string of the molecule is CCCCCCCCCCCCC(=O)[C@](N)(CCC(=O)O)C(=O)O. The highest BCUT2D eigenvalue weighted by Gasteiger charge is 2.41. The Kier molecular flexibility index (Phi) is 12.2. The molecule has 0 amide bonds. The van der Waals surface area contributed by atoms with Gasteiger partial charge in [0, 0.05) is 12.8 Å². The number of carboxylic acids is 2. The van der Waals surface area contributed by atoms with Crippen LogP contribution in [0.2, 0.25) is 0 Å². The summed E-state index contributed by atoms with van der Waals surface area (Å²) in [5, 5.41) is 17.8. The number of Topliss-reactive ketones (excluding diaryl/α,β-unsaturated/α-hetero) is 1. The number of carbonyl (C=O) groups is 3. The van der Waals surface area contributed by atoms with E-state index in [2.05, 4.69) is 6.92 Å². The van der Waals surface area contributed by atoms with Crippen molar-refractivity contribution in [2.24, 2.45) is 5.73 Å². The molecule has 0 bridgehead atoms. The van der Waals surface area contributed by atoms with Crippen LogP contribution in [0.25, 0.3) is 0 Å². The average Bonchev–Trinajstić information content (AvgIpc) is 2.53. The van der Waals surface area contributed by atoms with Crippen molar-refractivity contribution in [2.45, 2.75) is 95.9 Å². The van der Waals surface area contributed by atoms with E-state index in [-0.39, 0.29) is 12.8 Å². The standard InChI is InChI=1S/C18H33NO5/c1-2-3-4-5-6-7-8-9-10-11-12-15(20)18(19,17(23)24)14-13-16(21)22/h2-14,19H2,1H3,(H,21,22)(H,23,24)/t18-/m1/s1. The molecule has 0 radical (unpaired) electrons. The van der Waals surface area contributed by atoms with Crippen LogP contribution in [-0.2, 0) is 14.4 Å². The first-order valence-corrected chi connectivity index (χ1v) is 9.12. The molecule has 0 heterocycles. The summed E-state index contributed by atoms with van der Waals surface area (Å²) in [6, 6.07) is 0. The molecule has 0 aromatic rings. The molecule has 4 N–H and O–H groups in total. The fourth-order valence-corrected chi connectivity index (χ4v) is 2.67. The minimum absolute atomic E-state index is 0.0961. The van der Waals surface area contributed by atoms with Crippen LogP contribution in [0, 0.1) is 0 Å². The third-order valence-electron chi connectivity index (χ3n) is 4.37. The van der Waals surface area contributed by atoms with Crippen LogP contribution < -0.4 is 5.73 Å². The van der Waals surface area contributed by atoms with Gasteiger partial charge >= 0.3 is 11.9 Å². The summed E-state index contributed by atoms with van der Waals surface area (Å²) in [4.78, 5) is 33.8. The Morgan fingerprint density at radius 2 is 1.25 bits per heavy atom. The molecule has 0 aromatic heterocycles. The maximum atomic E-state index is 12.1. The second kappa shape index (κ2) is 12.9. The van der Waals surface area contributed by atoms with E-state index in [0.717, 1.165) is 19.3 Å². The van der Waals surface area contributed by atoms with E-state index in [4.69, 9.17) is 15.9 Å². The molecule has 0 aromatic carbocycles. The minimum Gasteiger partial charge on any atom is -0.481 e. The van der Waals surface area contributed by atoms with Gasteiger partial charge in [0.05, 0.1) is 0 Å². The molecule has 0 aliphatic rings. The average molecular weight is 343 g/mol. The smallest absolute Gasteiger partial charge is 0.331 e. The van der Waals surface area contributed by atoms with E-state index in [1.54, 1.807) is 0 Å². The summed E-state index contributed by atoms with van der Waals surface area (Å²) in [7, 11) is 0. The van der Waals surface area contributed by atoms with Gasteiger partial charge in [-0.2, -0.15) is 0 Å². The molecule has 0 unspecified atom stereocenters. The number of rotatable bonds is 16. The van der Waals surface area contributed by atoms with Gasteiger partial charge in [-0.25, -0.2) is 4.79 Å². The van der Waals surface area contributed by atoms with Gasteiger partial charge in [-0.3, -0.25) is 9.59 Å². The van der Waals surface area contributed by atoms with Gasteiger partial charge in [0.2, 0.25) is 0 Å². The number of carboxylic acid groups (broad SMARTS) is 2. The highest BCUT2D eigenvalue weighted by atomic mass is 16.4. The zero-order chi connectivity index (χ0) is 18.4. The van der Waals surface area contributed by atoms with Crippen LogP contribution >= 0.6 is 0 Å². The molecule has 1 atom stereocenters. The number of unbranched alkanes of at least 4 members (excludes halogenated alkanes) is 9.